The van der Waals surface area contributed by atoms with Gasteiger partial charge in [-0.15, -0.1) is 0 Å². The van der Waals surface area contributed by atoms with Crippen LogP contribution in [-0.4, -0.2) is 43.2 Å². The molecule has 1 N–H and O–H groups in total. The van der Waals surface area contributed by atoms with Crippen molar-refractivity contribution in [1.29, 1.82) is 0 Å². The van der Waals surface area contributed by atoms with E-state index in [0.29, 0.717) is 5.56 Å². The second-order valence-electron chi connectivity index (χ2n) is 6.74. The zero-order valence-electron chi connectivity index (χ0n) is 15.4. The van der Waals surface area contributed by atoms with Gasteiger partial charge in [0.05, 0.1) is 19.3 Å². The first-order valence-corrected chi connectivity index (χ1v) is 9.07. The summed E-state index contributed by atoms with van der Waals surface area (Å²) in [5.74, 6) is 0.634. The molecule has 0 bridgehead atoms. The Kier molecular flexibility index (Phi) is 6.26. The molecule has 0 aliphatic carbocycles. The number of carbonyl (C=O) groups is 1. The van der Waals surface area contributed by atoms with Crippen molar-refractivity contribution in [3.8, 4) is 5.75 Å². The van der Waals surface area contributed by atoms with Gasteiger partial charge in [-0.1, -0.05) is 18.2 Å². The van der Waals surface area contributed by atoms with E-state index in [9.17, 15) is 4.79 Å². The lowest BCUT2D eigenvalue weighted by Gasteiger charge is -2.26. The molecule has 1 aliphatic rings. The first-order chi connectivity index (χ1) is 12.6. The summed E-state index contributed by atoms with van der Waals surface area (Å²) in [6.45, 7) is 8.20. The summed E-state index contributed by atoms with van der Waals surface area (Å²) in [6, 6.07) is 15.3. The Labute approximate surface area is 154 Å². The fourth-order valence-electron chi connectivity index (χ4n) is 2.95. The molecule has 2 aromatic rings. The van der Waals surface area contributed by atoms with E-state index in [1.54, 1.807) is 0 Å². The highest BCUT2D eigenvalue weighted by Crippen LogP contribution is 2.19. The molecule has 3 rings (SSSR count). The van der Waals surface area contributed by atoms with Crippen molar-refractivity contribution >= 4 is 11.6 Å². The van der Waals surface area contributed by atoms with E-state index in [2.05, 4.69) is 16.3 Å². The van der Waals surface area contributed by atoms with E-state index in [-0.39, 0.29) is 12.0 Å². The van der Waals surface area contributed by atoms with Crippen LogP contribution in [0.15, 0.2) is 48.5 Å². The number of benzene rings is 2. The second kappa shape index (κ2) is 8.83. The molecule has 5 heteroatoms. The van der Waals surface area contributed by atoms with Crippen LogP contribution in [0.4, 0.5) is 5.69 Å². The maximum atomic E-state index is 12.6. The number of morpholine rings is 1. The predicted molar refractivity (Wildman–Crippen MR) is 103 cm³/mol. The molecule has 0 unspecified atom stereocenters. The summed E-state index contributed by atoms with van der Waals surface area (Å²) in [5.41, 5.74) is 2.52. The van der Waals surface area contributed by atoms with Crippen LogP contribution >= 0.6 is 0 Å². The number of anilines is 1. The highest BCUT2D eigenvalue weighted by Gasteiger charge is 2.12. The van der Waals surface area contributed by atoms with Crippen molar-refractivity contribution < 1.29 is 14.3 Å². The highest BCUT2D eigenvalue weighted by molar-refractivity contribution is 6.04. The van der Waals surface area contributed by atoms with Crippen molar-refractivity contribution in [2.45, 2.75) is 26.5 Å². The Bertz CT molecular complexity index is 740. The van der Waals surface area contributed by atoms with Crippen LogP contribution in [0.1, 0.15) is 29.8 Å². The Morgan fingerprint density at radius 1 is 1.15 bits per heavy atom. The van der Waals surface area contributed by atoms with Gasteiger partial charge in [0.15, 0.2) is 0 Å². The maximum absolute atomic E-state index is 12.6. The number of carbonyl (C=O) groups excluding carboxylic acids is 1. The first kappa shape index (κ1) is 18.4. The number of nitrogens with zero attached hydrogens (tertiary/aromatic N) is 1. The Morgan fingerprint density at radius 3 is 2.69 bits per heavy atom. The molecule has 26 heavy (non-hydrogen) atoms. The van der Waals surface area contributed by atoms with Gasteiger partial charge in [0.25, 0.3) is 5.91 Å². The van der Waals surface area contributed by atoms with Crippen LogP contribution in [-0.2, 0) is 11.3 Å². The standard InChI is InChI=1S/C21H26N2O3/c1-16(2)26-20-8-4-7-19(14-20)22-21(24)18-6-3-5-17(13-18)15-23-9-11-25-12-10-23/h3-8,13-14,16H,9-12,15H2,1-2H3,(H,22,24). The van der Waals surface area contributed by atoms with Gasteiger partial charge in [-0.25, -0.2) is 0 Å². The normalized spacial score (nSPS) is 15.0. The van der Waals surface area contributed by atoms with Crippen molar-refractivity contribution in [3.63, 3.8) is 0 Å². The lowest BCUT2D eigenvalue weighted by Crippen LogP contribution is -2.35. The zero-order chi connectivity index (χ0) is 18.4. The Morgan fingerprint density at radius 2 is 1.92 bits per heavy atom. The molecule has 1 saturated heterocycles. The lowest BCUT2D eigenvalue weighted by atomic mass is 10.1. The van der Waals surface area contributed by atoms with Crippen LogP contribution in [0.2, 0.25) is 0 Å². The number of hydrogen-bond acceptors (Lipinski definition) is 4. The van der Waals surface area contributed by atoms with E-state index in [0.717, 1.165) is 49.8 Å². The van der Waals surface area contributed by atoms with Crippen LogP contribution in [0.3, 0.4) is 0 Å². The summed E-state index contributed by atoms with van der Waals surface area (Å²) in [4.78, 5) is 14.9. The minimum absolute atomic E-state index is 0.0952. The molecule has 1 aliphatic heterocycles. The molecule has 0 radical (unpaired) electrons. The predicted octanol–water partition coefficient (Wildman–Crippen LogP) is 3.56. The van der Waals surface area contributed by atoms with Gasteiger partial charge in [0.1, 0.15) is 5.75 Å². The fraction of sp³-hybridized carbons (Fsp3) is 0.381. The molecule has 138 valence electrons. The van der Waals surface area contributed by atoms with Gasteiger partial charge < -0.3 is 14.8 Å². The minimum Gasteiger partial charge on any atom is -0.491 e. The largest absolute Gasteiger partial charge is 0.491 e. The summed E-state index contributed by atoms with van der Waals surface area (Å²) in [5, 5.41) is 2.95. The first-order valence-electron chi connectivity index (χ1n) is 9.07. The van der Waals surface area contributed by atoms with Gasteiger partial charge in [-0.3, -0.25) is 9.69 Å². The molecule has 1 amide bonds. The van der Waals surface area contributed by atoms with Crippen LogP contribution in [0.5, 0.6) is 5.75 Å². The fourth-order valence-corrected chi connectivity index (χ4v) is 2.95. The zero-order valence-corrected chi connectivity index (χ0v) is 15.4. The van der Waals surface area contributed by atoms with Crippen molar-refractivity contribution in [3.05, 3.63) is 59.7 Å². The molecule has 1 fully saturated rings. The third-order valence-electron chi connectivity index (χ3n) is 4.16. The average Bonchev–Trinajstić information content (AvgIpc) is 2.62. The maximum Gasteiger partial charge on any atom is 0.255 e. The molecule has 0 spiro atoms. The summed E-state index contributed by atoms with van der Waals surface area (Å²) < 4.78 is 11.1. The SMILES string of the molecule is CC(C)Oc1cccc(NC(=O)c2cccc(CN3CCOCC3)c2)c1. The van der Waals surface area contributed by atoms with Crippen molar-refractivity contribution in [1.82, 2.24) is 4.90 Å². The molecular formula is C21H26N2O3. The molecule has 5 nitrogen and oxygen atoms in total. The lowest BCUT2D eigenvalue weighted by molar-refractivity contribution is 0.0342. The summed E-state index contributed by atoms with van der Waals surface area (Å²) >= 11 is 0. The van der Waals surface area contributed by atoms with Gasteiger partial charge in [0.2, 0.25) is 0 Å². The van der Waals surface area contributed by atoms with E-state index >= 15 is 0 Å². The van der Waals surface area contributed by atoms with Gasteiger partial charge in [-0.2, -0.15) is 0 Å². The quantitative estimate of drug-likeness (QED) is 0.862. The molecule has 0 saturated carbocycles. The van der Waals surface area contributed by atoms with Crippen molar-refractivity contribution in [2.24, 2.45) is 0 Å². The molecule has 0 atom stereocenters. The number of hydrogen-bond donors (Lipinski definition) is 1. The minimum atomic E-state index is -0.115. The molecule has 2 aromatic carbocycles. The van der Waals surface area contributed by atoms with Gasteiger partial charge >= 0.3 is 0 Å². The van der Waals surface area contributed by atoms with E-state index in [1.165, 1.54) is 0 Å². The number of ether oxygens (including phenoxy) is 2. The van der Waals surface area contributed by atoms with E-state index in [4.69, 9.17) is 9.47 Å². The smallest absolute Gasteiger partial charge is 0.255 e. The summed E-state index contributed by atoms with van der Waals surface area (Å²) in [7, 11) is 0. The second-order valence-corrected chi connectivity index (χ2v) is 6.74. The Balaban J connectivity index is 1.65. The monoisotopic (exact) mass is 354 g/mol. The molecule has 0 aromatic heterocycles. The third-order valence-corrected chi connectivity index (χ3v) is 4.16. The molecular weight excluding hydrogens is 328 g/mol. The third kappa shape index (κ3) is 5.31. The summed E-state index contributed by atoms with van der Waals surface area (Å²) in [6.07, 6.45) is 0.0952. The topological polar surface area (TPSA) is 50.8 Å². The van der Waals surface area contributed by atoms with Crippen molar-refractivity contribution in [2.75, 3.05) is 31.6 Å². The van der Waals surface area contributed by atoms with Crippen LogP contribution < -0.4 is 10.1 Å². The van der Waals surface area contributed by atoms with Crippen LogP contribution in [0, 0.1) is 0 Å². The van der Waals surface area contributed by atoms with Gasteiger partial charge in [0, 0.05) is 37.0 Å². The van der Waals surface area contributed by atoms with Crippen LogP contribution in [0.25, 0.3) is 0 Å². The average molecular weight is 354 g/mol. The number of rotatable bonds is 6. The van der Waals surface area contributed by atoms with Gasteiger partial charge in [-0.05, 0) is 43.7 Å². The number of nitrogens with one attached hydrogen (secondary N) is 1. The number of amides is 1. The molecule has 1 heterocycles. The van der Waals surface area contributed by atoms with E-state index in [1.807, 2.05) is 56.3 Å². The Hall–Kier alpha value is -2.37. The highest BCUT2D eigenvalue weighted by atomic mass is 16.5. The van der Waals surface area contributed by atoms with E-state index < -0.39 is 0 Å².